The Bertz CT molecular complexity index is 147. The molecule has 0 unspecified atom stereocenters. The summed E-state index contributed by atoms with van der Waals surface area (Å²) in [4.78, 5) is 11.4. The number of rotatable bonds is 5. The molecule has 13 heavy (non-hydrogen) atoms. The zero-order valence-corrected chi connectivity index (χ0v) is 9.22. The van der Waals surface area contributed by atoms with E-state index in [1.165, 1.54) is 5.12 Å². The van der Waals surface area contributed by atoms with Crippen LogP contribution in [0.5, 0.6) is 0 Å². The van der Waals surface area contributed by atoms with E-state index in [1.54, 1.807) is 0 Å². The molecule has 0 atom stereocenters. The predicted molar refractivity (Wildman–Crippen MR) is 53.7 cm³/mol. The molecule has 0 fully saturated rings. The molecular weight excluding hydrogens is 166 g/mol. The predicted octanol–water partition coefficient (Wildman–Crippen LogP) is 1.05. The third kappa shape index (κ3) is 5.60. The lowest BCUT2D eigenvalue weighted by Crippen LogP contribution is -2.56. The molecule has 0 aromatic heterocycles. The highest BCUT2D eigenvalue weighted by Gasteiger charge is 2.12. The molecule has 0 radical (unpaired) electrons. The van der Waals surface area contributed by atoms with Crippen molar-refractivity contribution < 1.29 is 4.79 Å². The van der Waals surface area contributed by atoms with Gasteiger partial charge in [-0.2, -0.15) is 0 Å². The van der Waals surface area contributed by atoms with E-state index in [-0.39, 0.29) is 18.0 Å². The lowest BCUT2D eigenvalue weighted by Gasteiger charge is -2.27. The molecule has 4 heteroatoms. The Balaban J connectivity index is 4.10. The fourth-order valence-corrected chi connectivity index (χ4v) is 0.856. The van der Waals surface area contributed by atoms with Gasteiger partial charge in [-0.05, 0) is 27.7 Å². The first-order chi connectivity index (χ1) is 5.97. The van der Waals surface area contributed by atoms with Crippen LogP contribution in [0, 0.1) is 0 Å². The molecule has 0 aliphatic rings. The molecule has 0 saturated carbocycles. The van der Waals surface area contributed by atoms with E-state index in [4.69, 9.17) is 0 Å². The quantitative estimate of drug-likeness (QED) is 0.632. The van der Waals surface area contributed by atoms with E-state index in [1.807, 2.05) is 34.6 Å². The lowest BCUT2D eigenvalue weighted by atomic mass is 10.4. The summed E-state index contributed by atoms with van der Waals surface area (Å²) in [6.45, 7) is 9.84. The number of amides is 1. The fraction of sp³-hybridized carbons (Fsp3) is 0.889. The molecule has 0 spiro atoms. The minimum Gasteiger partial charge on any atom is -0.272 e. The molecule has 2 N–H and O–H groups in total. The van der Waals surface area contributed by atoms with Gasteiger partial charge in [-0.15, -0.1) is 0 Å². The minimum atomic E-state index is 0.0578. The van der Waals surface area contributed by atoms with Gasteiger partial charge in [-0.1, -0.05) is 6.92 Å². The number of carbonyl (C=O) groups is 1. The number of hydrogen-bond donors (Lipinski definition) is 2. The van der Waals surface area contributed by atoms with Crippen molar-refractivity contribution in [3.05, 3.63) is 0 Å². The molecule has 0 heterocycles. The second-order valence-corrected chi connectivity index (χ2v) is 3.65. The normalized spacial score (nSPS) is 11.0. The monoisotopic (exact) mass is 187 g/mol. The summed E-state index contributed by atoms with van der Waals surface area (Å²) in [7, 11) is 0. The van der Waals surface area contributed by atoms with Crippen molar-refractivity contribution in [2.75, 3.05) is 0 Å². The van der Waals surface area contributed by atoms with Crippen molar-refractivity contribution in [2.45, 2.75) is 53.1 Å². The summed E-state index contributed by atoms with van der Waals surface area (Å²) in [5.74, 6) is 0.0578. The van der Waals surface area contributed by atoms with Crippen LogP contribution in [0.1, 0.15) is 41.0 Å². The maximum absolute atomic E-state index is 11.4. The van der Waals surface area contributed by atoms with E-state index in [9.17, 15) is 4.79 Å². The smallest absolute Gasteiger partial charge is 0.251 e. The average molecular weight is 187 g/mol. The van der Waals surface area contributed by atoms with Gasteiger partial charge in [0.25, 0.3) is 5.91 Å². The number of nitrogens with zero attached hydrogens (tertiary/aromatic N) is 1. The second kappa shape index (κ2) is 5.94. The van der Waals surface area contributed by atoms with Crippen LogP contribution >= 0.6 is 0 Å². The lowest BCUT2D eigenvalue weighted by molar-refractivity contribution is -0.139. The van der Waals surface area contributed by atoms with Crippen molar-refractivity contribution >= 4 is 5.91 Å². The van der Waals surface area contributed by atoms with Crippen molar-refractivity contribution in [3.63, 3.8) is 0 Å². The van der Waals surface area contributed by atoms with E-state index in [0.717, 1.165) is 0 Å². The van der Waals surface area contributed by atoms with Crippen molar-refractivity contribution in [1.29, 1.82) is 0 Å². The summed E-state index contributed by atoms with van der Waals surface area (Å²) in [6, 6.07) is 0.503. The van der Waals surface area contributed by atoms with Gasteiger partial charge in [0.1, 0.15) is 0 Å². The van der Waals surface area contributed by atoms with Gasteiger partial charge in [0.15, 0.2) is 0 Å². The molecule has 0 aliphatic heterocycles. The molecule has 1 amide bonds. The summed E-state index contributed by atoms with van der Waals surface area (Å²) < 4.78 is 0. The Morgan fingerprint density at radius 3 is 1.77 bits per heavy atom. The largest absolute Gasteiger partial charge is 0.272 e. The van der Waals surface area contributed by atoms with Gasteiger partial charge in [-0.25, -0.2) is 16.0 Å². The Hall–Kier alpha value is -0.610. The maximum atomic E-state index is 11.4. The summed E-state index contributed by atoms with van der Waals surface area (Å²) in [5.41, 5.74) is 6.07. The molecule has 0 rings (SSSR count). The number of carbonyl (C=O) groups excluding carboxylic acids is 1. The van der Waals surface area contributed by atoms with E-state index < -0.39 is 0 Å². The van der Waals surface area contributed by atoms with Gasteiger partial charge >= 0.3 is 0 Å². The summed E-state index contributed by atoms with van der Waals surface area (Å²) >= 11 is 0. The van der Waals surface area contributed by atoms with Crippen LogP contribution in [0.25, 0.3) is 0 Å². The van der Waals surface area contributed by atoms with Crippen molar-refractivity contribution in [3.8, 4) is 0 Å². The third-order valence-corrected chi connectivity index (χ3v) is 1.33. The second-order valence-electron chi connectivity index (χ2n) is 3.65. The Kier molecular flexibility index (Phi) is 5.66. The molecule has 78 valence electrons. The van der Waals surface area contributed by atoms with Crippen molar-refractivity contribution in [1.82, 2.24) is 16.0 Å². The average Bonchev–Trinajstić information content (AvgIpc) is 2.00. The topological polar surface area (TPSA) is 44.4 Å². The standard InChI is InChI=1S/C9H21N3O/c1-6-9(13)12(10-7(2)3)11-8(4)5/h7-8,10-11H,6H2,1-5H3. The Labute approximate surface area is 80.6 Å². The molecule has 0 saturated heterocycles. The summed E-state index contributed by atoms with van der Waals surface area (Å²) in [6.07, 6.45) is 0.499. The number of nitrogens with one attached hydrogen (secondary N) is 2. The Morgan fingerprint density at radius 1 is 1.15 bits per heavy atom. The molecule has 0 aromatic rings. The first kappa shape index (κ1) is 12.4. The maximum Gasteiger partial charge on any atom is 0.251 e. The van der Waals surface area contributed by atoms with E-state index >= 15 is 0 Å². The van der Waals surface area contributed by atoms with Crippen LogP contribution in [0.3, 0.4) is 0 Å². The highest BCUT2D eigenvalue weighted by atomic mass is 16.2. The first-order valence-corrected chi connectivity index (χ1v) is 4.82. The minimum absolute atomic E-state index is 0.0578. The fourth-order valence-electron chi connectivity index (χ4n) is 0.856. The van der Waals surface area contributed by atoms with E-state index in [0.29, 0.717) is 6.42 Å². The SMILES string of the molecule is CCC(=O)N(NC(C)C)NC(C)C. The van der Waals surface area contributed by atoms with Gasteiger partial charge in [0, 0.05) is 18.5 Å². The highest BCUT2D eigenvalue weighted by molar-refractivity contribution is 5.74. The van der Waals surface area contributed by atoms with Crippen LogP contribution in [0.15, 0.2) is 0 Å². The zero-order chi connectivity index (χ0) is 10.4. The van der Waals surface area contributed by atoms with Crippen LogP contribution in [0.4, 0.5) is 0 Å². The van der Waals surface area contributed by atoms with Crippen LogP contribution in [-0.4, -0.2) is 23.1 Å². The molecular formula is C9H21N3O. The molecule has 4 nitrogen and oxygen atoms in total. The van der Waals surface area contributed by atoms with Gasteiger partial charge in [-0.3, -0.25) is 4.79 Å². The van der Waals surface area contributed by atoms with Crippen molar-refractivity contribution in [2.24, 2.45) is 0 Å². The zero-order valence-electron chi connectivity index (χ0n) is 9.22. The van der Waals surface area contributed by atoms with Gasteiger partial charge < -0.3 is 0 Å². The van der Waals surface area contributed by atoms with Gasteiger partial charge in [0.05, 0.1) is 0 Å². The van der Waals surface area contributed by atoms with Crippen LogP contribution in [0.2, 0.25) is 0 Å². The highest BCUT2D eigenvalue weighted by Crippen LogP contribution is 1.90. The number of hydrogen-bond acceptors (Lipinski definition) is 3. The van der Waals surface area contributed by atoms with E-state index in [2.05, 4.69) is 10.9 Å². The number of hydrazine groups is 2. The molecule has 0 aromatic carbocycles. The Morgan fingerprint density at radius 2 is 1.54 bits per heavy atom. The van der Waals surface area contributed by atoms with Gasteiger partial charge in [0.2, 0.25) is 0 Å². The van der Waals surface area contributed by atoms with Crippen LogP contribution < -0.4 is 10.9 Å². The van der Waals surface area contributed by atoms with Crippen LogP contribution in [-0.2, 0) is 4.79 Å². The molecule has 0 aliphatic carbocycles. The third-order valence-electron chi connectivity index (χ3n) is 1.33. The summed E-state index contributed by atoms with van der Waals surface area (Å²) in [5, 5.41) is 1.48. The first-order valence-electron chi connectivity index (χ1n) is 4.82. The molecule has 0 bridgehead atoms.